The minimum atomic E-state index is -4.23. The summed E-state index contributed by atoms with van der Waals surface area (Å²) in [5.41, 5.74) is 4.59. The minimum absolute atomic E-state index is 0.0334. The van der Waals surface area contributed by atoms with E-state index in [0.29, 0.717) is 45.7 Å². The third-order valence-electron chi connectivity index (χ3n) is 7.05. The highest BCUT2D eigenvalue weighted by atomic mass is 35.5. The van der Waals surface area contributed by atoms with Gasteiger partial charge in [-0.3, -0.25) is 9.11 Å². The van der Waals surface area contributed by atoms with Crippen molar-refractivity contribution in [1.82, 2.24) is 0 Å². The lowest BCUT2D eigenvalue weighted by Crippen LogP contribution is -2.23. The van der Waals surface area contributed by atoms with E-state index in [1.165, 1.54) is 0 Å². The molecule has 0 atom stereocenters. The van der Waals surface area contributed by atoms with E-state index >= 15 is 0 Å². The molecule has 1 aromatic heterocycles. The number of furan rings is 1. The molecule has 9 nitrogen and oxygen atoms in total. The van der Waals surface area contributed by atoms with Crippen molar-refractivity contribution in [2.45, 2.75) is 26.2 Å². The second kappa shape index (κ2) is 12.6. The van der Waals surface area contributed by atoms with Gasteiger partial charge in [0.2, 0.25) is 5.88 Å². The molecule has 2 N–H and O–H groups in total. The fraction of sp³-hybridized carbons (Fsp3) is 0.226. The van der Waals surface area contributed by atoms with Crippen molar-refractivity contribution in [2.24, 2.45) is 0 Å². The average Bonchev–Trinajstić information content (AvgIpc) is 3.47. The Morgan fingerprint density at radius 3 is 2.37 bits per heavy atom. The topological polar surface area (TPSA) is 134 Å². The molecule has 0 spiro atoms. The number of anilines is 1. The van der Waals surface area contributed by atoms with Gasteiger partial charge in [-0.25, -0.2) is 0 Å². The molecule has 4 aromatic rings. The van der Waals surface area contributed by atoms with Crippen LogP contribution in [-0.4, -0.2) is 44.0 Å². The fourth-order valence-electron chi connectivity index (χ4n) is 4.97. The predicted octanol–water partition coefficient (Wildman–Crippen LogP) is 7.00. The molecular weight excluding hydrogens is 614 g/mol. The van der Waals surface area contributed by atoms with E-state index in [0.717, 1.165) is 22.1 Å². The highest BCUT2D eigenvalue weighted by Gasteiger charge is 2.27. The summed E-state index contributed by atoms with van der Waals surface area (Å²) in [6, 6.07) is 20.6. The molecule has 0 saturated heterocycles. The zero-order valence-corrected chi connectivity index (χ0v) is 25.6. The van der Waals surface area contributed by atoms with Gasteiger partial charge in [0.1, 0.15) is 11.3 Å². The Morgan fingerprint density at radius 1 is 0.930 bits per heavy atom. The van der Waals surface area contributed by atoms with E-state index < -0.39 is 31.7 Å². The summed E-state index contributed by atoms with van der Waals surface area (Å²) >= 11 is 6.23. The van der Waals surface area contributed by atoms with E-state index in [1.54, 1.807) is 29.2 Å². The molecule has 1 aliphatic rings. The van der Waals surface area contributed by atoms with E-state index in [-0.39, 0.29) is 19.4 Å². The molecular formula is C31H30ClNO8S2. The van der Waals surface area contributed by atoms with Gasteiger partial charge in [-0.05, 0) is 72.4 Å². The quantitative estimate of drug-likeness (QED) is 0.166. The maximum Gasteiger partial charge on any atom is 0.265 e. The molecule has 3 aromatic carbocycles. The summed E-state index contributed by atoms with van der Waals surface area (Å²) in [4.78, 5) is 1.79. The maximum atomic E-state index is 11.7. The highest BCUT2D eigenvalue weighted by Crippen LogP contribution is 2.41. The van der Waals surface area contributed by atoms with E-state index in [9.17, 15) is 25.9 Å². The average molecular weight is 644 g/mol. The molecule has 12 heteroatoms. The summed E-state index contributed by atoms with van der Waals surface area (Å²) in [6.45, 7) is 2.18. The third-order valence-corrected chi connectivity index (χ3v) is 8.81. The number of benzene rings is 3. The number of fused-ring (bicyclic) bond motifs is 2. The van der Waals surface area contributed by atoms with Crippen LogP contribution in [0, 0.1) is 0 Å². The molecule has 0 unspecified atom stereocenters. The Hall–Kier alpha value is -3.61. The van der Waals surface area contributed by atoms with Crippen LogP contribution >= 0.6 is 11.6 Å². The summed E-state index contributed by atoms with van der Waals surface area (Å²) in [5.74, 6) is 0.548. The SMILES string of the molecule is CCC(=C/c1oc2ccc(-c3ccccc3)cc2c1CCS(=O)(=O)O)/C=C1\Oc2ccc(Cl)cc2N1CCCS(=O)(=O)O. The molecule has 0 radical (unpaired) electrons. The fourth-order valence-corrected chi connectivity index (χ4v) is 6.10. The predicted molar refractivity (Wildman–Crippen MR) is 169 cm³/mol. The summed E-state index contributed by atoms with van der Waals surface area (Å²) in [5, 5.41) is 1.22. The zero-order valence-electron chi connectivity index (χ0n) is 23.2. The Kier molecular flexibility index (Phi) is 9.00. The van der Waals surface area contributed by atoms with Crippen molar-refractivity contribution in [3.8, 4) is 16.9 Å². The van der Waals surface area contributed by atoms with Gasteiger partial charge in [0.05, 0.1) is 17.2 Å². The van der Waals surface area contributed by atoms with Crippen molar-refractivity contribution < 1.29 is 35.1 Å². The number of allylic oxidation sites excluding steroid dienone is 2. The van der Waals surface area contributed by atoms with Crippen LogP contribution in [0.25, 0.3) is 28.2 Å². The van der Waals surface area contributed by atoms with Crippen LogP contribution in [0.2, 0.25) is 5.02 Å². The molecule has 2 heterocycles. The van der Waals surface area contributed by atoms with Crippen molar-refractivity contribution in [3.05, 3.63) is 101 Å². The number of hydrogen-bond acceptors (Lipinski definition) is 7. The van der Waals surface area contributed by atoms with E-state index in [1.807, 2.05) is 61.5 Å². The third kappa shape index (κ3) is 7.67. The van der Waals surface area contributed by atoms with Gasteiger partial charge in [-0.1, -0.05) is 54.9 Å². The van der Waals surface area contributed by atoms with Crippen LogP contribution in [0.1, 0.15) is 31.1 Å². The van der Waals surface area contributed by atoms with Gasteiger partial charge >= 0.3 is 0 Å². The highest BCUT2D eigenvalue weighted by molar-refractivity contribution is 7.86. The lowest BCUT2D eigenvalue weighted by molar-refractivity contribution is 0.436. The number of aryl methyl sites for hydroxylation is 1. The molecule has 0 fully saturated rings. The number of hydrogen-bond donors (Lipinski definition) is 2. The number of rotatable bonds is 11. The van der Waals surface area contributed by atoms with Crippen molar-refractivity contribution in [3.63, 3.8) is 0 Å². The lowest BCUT2D eigenvalue weighted by Gasteiger charge is -2.18. The molecule has 0 aliphatic carbocycles. The van der Waals surface area contributed by atoms with Gasteiger partial charge in [0, 0.05) is 28.6 Å². The molecule has 5 rings (SSSR count). The van der Waals surface area contributed by atoms with Crippen molar-refractivity contribution >= 4 is 54.6 Å². The smallest absolute Gasteiger partial charge is 0.265 e. The number of ether oxygens (including phenoxy) is 1. The zero-order chi connectivity index (χ0) is 30.8. The van der Waals surface area contributed by atoms with Gasteiger partial charge < -0.3 is 14.1 Å². The Labute approximate surface area is 255 Å². The largest absolute Gasteiger partial charge is 0.456 e. The Morgan fingerprint density at radius 2 is 1.67 bits per heavy atom. The lowest BCUT2D eigenvalue weighted by atomic mass is 10.0. The molecule has 1 aliphatic heterocycles. The second-order valence-corrected chi connectivity index (χ2v) is 13.7. The standard InChI is InChI=1S/C31H30ClNO8S2/c1-2-21(18-31-33(14-6-15-42(34,35)36)27-20-24(32)10-12-29(27)41-31)17-30-25(13-16-43(37,38)39)26-19-23(9-11-28(26)40-30)22-7-4-3-5-8-22/h3-5,7-12,17-20H,2,6,13-16H2,1H3,(H,34,35,36)(H,37,38,39)/b21-17-,31-18-. The first-order valence-electron chi connectivity index (χ1n) is 13.6. The summed E-state index contributed by atoms with van der Waals surface area (Å²) < 4.78 is 77.1. The van der Waals surface area contributed by atoms with Gasteiger partial charge in [-0.2, -0.15) is 16.8 Å². The van der Waals surface area contributed by atoms with Gasteiger partial charge in [0.25, 0.3) is 20.2 Å². The Balaban J connectivity index is 1.55. The number of halogens is 1. The summed E-state index contributed by atoms with van der Waals surface area (Å²) in [7, 11) is -8.37. The van der Waals surface area contributed by atoms with Gasteiger partial charge in [-0.15, -0.1) is 0 Å². The first-order chi connectivity index (χ1) is 20.4. The summed E-state index contributed by atoms with van der Waals surface area (Å²) in [6.07, 6.45) is 4.34. The van der Waals surface area contributed by atoms with Crippen LogP contribution in [-0.2, 0) is 26.7 Å². The van der Waals surface area contributed by atoms with Crippen LogP contribution < -0.4 is 9.64 Å². The monoisotopic (exact) mass is 643 g/mol. The molecule has 0 bridgehead atoms. The van der Waals surface area contributed by atoms with Crippen LogP contribution in [0.3, 0.4) is 0 Å². The maximum absolute atomic E-state index is 11.7. The van der Waals surface area contributed by atoms with Crippen LogP contribution in [0.15, 0.2) is 88.7 Å². The molecule has 226 valence electrons. The Bertz CT molecular complexity index is 1930. The first-order valence-corrected chi connectivity index (χ1v) is 17.2. The number of nitrogens with zero attached hydrogens (tertiary/aromatic N) is 1. The second-order valence-electron chi connectivity index (χ2n) is 10.1. The van der Waals surface area contributed by atoms with Crippen LogP contribution in [0.5, 0.6) is 5.75 Å². The molecule has 0 amide bonds. The van der Waals surface area contributed by atoms with Crippen molar-refractivity contribution in [1.29, 1.82) is 0 Å². The van der Waals surface area contributed by atoms with Crippen molar-refractivity contribution in [2.75, 3.05) is 23.0 Å². The minimum Gasteiger partial charge on any atom is -0.456 e. The van der Waals surface area contributed by atoms with E-state index in [2.05, 4.69) is 0 Å². The molecule has 0 saturated carbocycles. The first kappa shape index (κ1) is 30.8. The van der Waals surface area contributed by atoms with Crippen LogP contribution in [0.4, 0.5) is 5.69 Å². The van der Waals surface area contributed by atoms with Gasteiger partial charge in [0.15, 0.2) is 5.75 Å². The molecule has 43 heavy (non-hydrogen) atoms. The van der Waals surface area contributed by atoms with E-state index in [4.69, 9.17) is 20.8 Å². The normalized spacial score (nSPS) is 14.8.